The lowest BCUT2D eigenvalue weighted by Gasteiger charge is -2.09. The molecule has 0 atom stereocenters. The second kappa shape index (κ2) is 8.07. The van der Waals surface area contributed by atoms with Crippen molar-refractivity contribution in [3.8, 4) is 17.1 Å². The number of amides is 1. The molecule has 0 bridgehead atoms. The molecule has 154 valence electrons. The highest BCUT2D eigenvalue weighted by Crippen LogP contribution is 2.22. The second-order valence-electron chi connectivity index (χ2n) is 6.83. The lowest BCUT2D eigenvalue weighted by molar-refractivity contribution is -0.116. The first-order valence-electron chi connectivity index (χ1n) is 9.35. The van der Waals surface area contributed by atoms with Crippen LogP contribution < -0.4 is 10.1 Å². The number of benzene rings is 1. The van der Waals surface area contributed by atoms with Gasteiger partial charge in [-0.1, -0.05) is 0 Å². The van der Waals surface area contributed by atoms with Gasteiger partial charge in [0.15, 0.2) is 16.2 Å². The molecule has 1 aromatic carbocycles. The Balaban J connectivity index is 1.47. The van der Waals surface area contributed by atoms with E-state index in [1.165, 1.54) is 0 Å². The van der Waals surface area contributed by atoms with Crippen LogP contribution in [-0.4, -0.2) is 42.5 Å². The summed E-state index contributed by atoms with van der Waals surface area (Å²) in [4.78, 5) is 16.9. The fraction of sp³-hybridized carbons (Fsp3) is 0.250. The SMILES string of the molecule is COc1ccc(-c2n[nH]c(=S)n2CCC(=O)Nc2cnc3c(c2)c(C)nn3C)cc1. The first-order valence-corrected chi connectivity index (χ1v) is 9.76. The van der Waals surface area contributed by atoms with Crippen LogP contribution in [-0.2, 0) is 18.4 Å². The maximum absolute atomic E-state index is 12.5. The number of carbonyl (C=O) groups is 1. The summed E-state index contributed by atoms with van der Waals surface area (Å²) in [5.41, 5.74) is 3.16. The molecule has 4 rings (SSSR count). The summed E-state index contributed by atoms with van der Waals surface area (Å²) in [5, 5.41) is 15.3. The quantitative estimate of drug-likeness (QED) is 0.462. The molecule has 30 heavy (non-hydrogen) atoms. The molecule has 0 spiro atoms. The van der Waals surface area contributed by atoms with Gasteiger partial charge in [0.25, 0.3) is 0 Å². The zero-order chi connectivity index (χ0) is 21.3. The number of pyridine rings is 1. The fourth-order valence-electron chi connectivity index (χ4n) is 3.30. The topological polar surface area (TPSA) is 103 Å². The number of hydrogen-bond donors (Lipinski definition) is 2. The third kappa shape index (κ3) is 3.81. The molecule has 0 aliphatic rings. The van der Waals surface area contributed by atoms with Crippen molar-refractivity contribution < 1.29 is 9.53 Å². The second-order valence-corrected chi connectivity index (χ2v) is 7.22. The highest BCUT2D eigenvalue weighted by molar-refractivity contribution is 7.71. The van der Waals surface area contributed by atoms with Crippen molar-refractivity contribution in [2.45, 2.75) is 19.9 Å². The first-order chi connectivity index (χ1) is 14.5. The van der Waals surface area contributed by atoms with Crippen LogP contribution in [0.1, 0.15) is 12.1 Å². The molecule has 1 amide bonds. The molecular formula is C20H21N7O2S. The average Bonchev–Trinajstić information content (AvgIpc) is 3.25. The van der Waals surface area contributed by atoms with E-state index in [1.807, 2.05) is 48.9 Å². The minimum atomic E-state index is -0.138. The van der Waals surface area contributed by atoms with Gasteiger partial charge in [0.05, 0.1) is 24.7 Å². The van der Waals surface area contributed by atoms with Gasteiger partial charge in [-0.15, -0.1) is 0 Å². The lowest BCUT2D eigenvalue weighted by Crippen LogP contribution is -2.15. The zero-order valence-electron chi connectivity index (χ0n) is 16.8. The van der Waals surface area contributed by atoms with Gasteiger partial charge in [0, 0.05) is 31.0 Å². The summed E-state index contributed by atoms with van der Waals surface area (Å²) in [7, 11) is 3.46. The van der Waals surface area contributed by atoms with E-state index in [4.69, 9.17) is 17.0 Å². The Morgan fingerprint density at radius 1 is 1.30 bits per heavy atom. The van der Waals surface area contributed by atoms with Crippen LogP contribution in [0, 0.1) is 11.7 Å². The van der Waals surface area contributed by atoms with Gasteiger partial charge in [0.1, 0.15) is 5.75 Å². The molecule has 0 saturated heterocycles. The zero-order valence-corrected chi connectivity index (χ0v) is 17.7. The molecule has 9 nitrogen and oxygen atoms in total. The molecule has 0 unspecified atom stereocenters. The summed E-state index contributed by atoms with van der Waals surface area (Å²) < 4.78 is 9.18. The van der Waals surface area contributed by atoms with Crippen LogP contribution in [0.25, 0.3) is 22.4 Å². The predicted octanol–water partition coefficient (Wildman–Crippen LogP) is 3.24. The number of nitrogens with zero attached hydrogens (tertiary/aromatic N) is 5. The number of nitrogens with one attached hydrogen (secondary N) is 2. The number of methoxy groups -OCH3 is 1. The Morgan fingerprint density at radius 3 is 2.80 bits per heavy atom. The van der Waals surface area contributed by atoms with Crippen molar-refractivity contribution >= 4 is 34.8 Å². The van der Waals surface area contributed by atoms with Gasteiger partial charge in [0.2, 0.25) is 5.91 Å². The third-order valence-corrected chi connectivity index (χ3v) is 5.13. The van der Waals surface area contributed by atoms with Crippen molar-refractivity contribution in [1.29, 1.82) is 0 Å². The number of aromatic amines is 1. The molecule has 0 fully saturated rings. The number of carbonyl (C=O) groups excluding carboxylic acids is 1. The van der Waals surface area contributed by atoms with E-state index in [9.17, 15) is 4.79 Å². The molecule has 0 saturated carbocycles. The standard InChI is InChI=1S/C20H21N7O2S/c1-12-16-10-14(11-21-19(16)26(2)25-12)22-17(28)8-9-27-18(23-24-20(27)30)13-4-6-15(29-3)7-5-13/h4-7,10-11H,8-9H2,1-3H3,(H,22,28)(H,24,30). The number of hydrogen-bond acceptors (Lipinski definition) is 6. The molecule has 0 aliphatic carbocycles. The van der Waals surface area contributed by atoms with Crippen molar-refractivity contribution in [3.63, 3.8) is 0 Å². The van der Waals surface area contributed by atoms with Crippen LogP contribution >= 0.6 is 12.2 Å². The van der Waals surface area contributed by atoms with Crippen molar-refractivity contribution in [1.82, 2.24) is 29.5 Å². The molecule has 3 heterocycles. The highest BCUT2D eigenvalue weighted by atomic mass is 32.1. The summed E-state index contributed by atoms with van der Waals surface area (Å²) >= 11 is 5.34. The van der Waals surface area contributed by atoms with Gasteiger partial charge >= 0.3 is 0 Å². The maximum Gasteiger partial charge on any atom is 0.226 e. The monoisotopic (exact) mass is 423 g/mol. The molecule has 10 heteroatoms. The largest absolute Gasteiger partial charge is 0.497 e. The van der Waals surface area contributed by atoms with E-state index < -0.39 is 0 Å². The van der Waals surface area contributed by atoms with Crippen molar-refractivity contribution in [2.24, 2.45) is 7.05 Å². The van der Waals surface area contributed by atoms with Crippen LogP contribution in [0.2, 0.25) is 0 Å². The third-order valence-electron chi connectivity index (χ3n) is 4.82. The number of fused-ring (bicyclic) bond motifs is 1. The van der Waals surface area contributed by atoms with Gasteiger partial charge in [-0.25, -0.2) is 4.98 Å². The van der Waals surface area contributed by atoms with Crippen LogP contribution in [0.4, 0.5) is 5.69 Å². The van der Waals surface area contributed by atoms with Gasteiger partial charge in [-0.3, -0.25) is 19.1 Å². The van der Waals surface area contributed by atoms with Gasteiger partial charge in [-0.05, 0) is 49.5 Å². The molecular weight excluding hydrogens is 402 g/mol. The highest BCUT2D eigenvalue weighted by Gasteiger charge is 2.12. The van der Waals surface area contributed by atoms with E-state index >= 15 is 0 Å². The Kier molecular flexibility index (Phi) is 5.32. The van der Waals surface area contributed by atoms with Crippen molar-refractivity contribution in [3.05, 3.63) is 47.0 Å². The predicted molar refractivity (Wildman–Crippen MR) is 116 cm³/mol. The van der Waals surface area contributed by atoms with Crippen molar-refractivity contribution in [2.75, 3.05) is 12.4 Å². The van der Waals surface area contributed by atoms with E-state index in [-0.39, 0.29) is 12.3 Å². The van der Waals surface area contributed by atoms with E-state index in [0.29, 0.717) is 22.8 Å². The number of rotatable bonds is 6. The van der Waals surface area contributed by atoms with Crippen LogP contribution in [0.5, 0.6) is 5.75 Å². The number of aromatic nitrogens is 6. The summed E-state index contributed by atoms with van der Waals surface area (Å²) in [6.07, 6.45) is 1.87. The van der Waals surface area contributed by atoms with Crippen LogP contribution in [0.3, 0.4) is 0 Å². The Hall–Kier alpha value is -3.53. The molecule has 4 aromatic rings. The van der Waals surface area contributed by atoms with E-state index in [1.54, 1.807) is 18.0 Å². The summed E-state index contributed by atoms with van der Waals surface area (Å²) in [6.45, 7) is 2.31. The molecule has 0 radical (unpaired) electrons. The normalized spacial score (nSPS) is 11.0. The van der Waals surface area contributed by atoms with E-state index in [2.05, 4.69) is 25.6 Å². The number of ether oxygens (including phenoxy) is 1. The van der Waals surface area contributed by atoms with Gasteiger partial charge < -0.3 is 10.1 Å². The summed E-state index contributed by atoms with van der Waals surface area (Å²) in [5.74, 6) is 1.29. The fourth-order valence-corrected chi connectivity index (χ4v) is 3.52. The van der Waals surface area contributed by atoms with Gasteiger partial charge in [-0.2, -0.15) is 10.2 Å². The smallest absolute Gasteiger partial charge is 0.226 e. The number of H-pyrrole nitrogens is 1. The molecule has 0 aliphatic heterocycles. The Labute approximate surface area is 177 Å². The van der Waals surface area contributed by atoms with Crippen LogP contribution in [0.15, 0.2) is 36.5 Å². The maximum atomic E-state index is 12.5. The molecule has 2 N–H and O–H groups in total. The molecule has 3 aromatic heterocycles. The van der Waals surface area contributed by atoms with E-state index in [0.717, 1.165) is 28.0 Å². The number of anilines is 1. The number of aryl methyl sites for hydroxylation is 2. The minimum absolute atomic E-state index is 0.138. The Morgan fingerprint density at radius 2 is 2.07 bits per heavy atom. The Bertz CT molecular complexity index is 1270. The minimum Gasteiger partial charge on any atom is -0.497 e. The first kappa shape index (κ1) is 19.8. The summed E-state index contributed by atoms with van der Waals surface area (Å²) in [6, 6.07) is 9.39. The lowest BCUT2D eigenvalue weighted by atomic mass is 10.2. The average molecular weight is 424 g/mol.